The standard InChI is InChI=1S/C12H21N3S/c1-8(13-3)11-9(2)14-12(16-11)15(4)10-6-5-7-10/h8,10,13H,5-7H2,1-4H3. The molecule has 0 saturated heterocycles. The molecule has 1 aliphatic carbocycles. The van der Waals surface area contributed by atoms with Crippen LogP contribution in [0.5, 0.6) is 0 Å². The van der Waals surface area contributed by atoms with Crippen molar-refractivity contribution in [2.24, 2.45) is 0 Å². The van der Waals surface area contributed by atoms with Gasteiger partial charge in [0.05, 0.1) is 5.69 Å². The Labute approximate surface area is 102 Å². The van der Waals surface area contributed by atoms with E-state index in [1.165, 1.54) is 35.0 Å². The number of anilines is 1. The zero-order chi connectivity index (χ0) is 11.7. The Bertz CT molecular complexity index is 357. The second-order valence-electron chi connectivity index (χ2n) is 4.65. The first-order valence-corrected chi connectivity index (χ1v) is 6.82. The summed E-state index contributed by atoms with van der Waals surface area (Å²) in [5.74, 6) is 0. The largest absolute Gasteiger partial charge is 0.348 e. The van der Waals surface area contributed by atoms with Crippen LogP contribution >= 0.6 is 11.3 Å². The SMILES string of the molecule is CNC(C)c1sc(N(C)C2CCC2)nc1C. The van der Waals surface area contributed by atoms with E-state index in [-0.39, 0.29) is 0 Å². The predicted molar refractivity (Wildman–Crippen MR) is 70.4 cm³/mol. The highest BCUT2D eigenvalue weighted by Gasteiger charge is 2.25. The van der Waals surface area contributed by atoms with Gasteiger partial charge >= 0.3 is 0 Å². The van der Waals surface area contributed by atoms with E-state index < -0.39 is 0 Å². The maximum atomic E-state index is 4.69. The number of thiazole rings is 1. The van der Waals surface area contributed by atoms with Crippen LogP contribution < -0.4 is 10.2 Å². The zero-order valence-electron chi connectivity index (χ0n) is 10.6. The van der Waals surface area contributed by atoms with Crippen molar-refractivity contribution in [3.63, 3.8) is 0 Å². The highest BCUT2D eigenvalue weighted by atomic mass is 32.1. The molecule has 0 aliphatic heterocycles. The zero-order valence-corrected chi connectivity index (χ0v) is 11.4. The van der Waals surface area contributed by atoms with Crippen LogP contribution in [0, 0.1) is 6.92 Å². The first-order chi connectivity index (χ1) is 7.63. The van der Waals surface area contributed by atoms with E-state index in [2.05, 4.69) is 36.1 Å². The third-order valence-electron chi connectivity index (χ3n) is 3.57. The molecule has 2 rings (SSSR count). The van der Waals surface area contributed by atoms with Gasteiger partial charge in [-0.1, -0.05) is 0 Å². The number of hydrogen-bond acceptors (Lipinski definition) is 4. The number of aromatic nitrogens is 1. The fourth-order valence-corrected chi connectivity index (χ4v) is 3.17. The summed E-state index contributed by atoms with van der Waals surface area (Å²) in [6.07, 6.45) is 4.03. The number of hydrogen-bond donors (Lipinski definition) is 1. The summed E-state index contributed by atoms with van der Waals surface area (Å²) >= 11 is 1.83. The highest BCUT2D eigenvalue weighted by Crippen LogP contribution is 2.34. The number of aryl methyl sites for hydroxylation is 1. The summed E-state index contributed by atoms with van der Waals surface area (Å²) in [5, 5.41) is 4.46. The third kappa shape index (κ3) is 2.09. The van der Waals surface area contributed by atoms with E-state index in [1.807, 2.05) is 18.4 Å². The fourth-order valence-electron chi connectivity index (χ4n) is 2.01. The molecule has 16 heavy (non-hydrogen) atoms. The smallest absolute Gasteiger partial charge is 0.185 e. The molecule has 1 saturated carbocycles. The molecule has 1 unspecified atom stereocenters. The Hall–Kier alpha value is -0.610. The maximum Gasteiger partial charge on any atom is 0.185 e. The molecule has 1 aromatic rings. The van der Waals surface area contributed by atoms with Crippen LogP contribution in [0.15, 0.2) is 0 Å². The molecule has 1 aliphatic rings. The van der Waals surface area contributed by atoms with E-state index in [9.17, 15) is 0 Å². The van der Waals surface area contributed by atoms with Crippen LogP contribution in [0.25, 0.3) is 0 Å². The second-order valence-corrected chi connectivity index (χ2v) is 5.66. The molecule has 0 spiro atoms. The maximum absolute atomic E-state index is 4.69. The molecule has 1 aromatic heterocycles. The van der Waals surface area contributed by atoms with E-state index in [0.717, 1.165) is 6.04 Å². The summed E-state index contributed by atoms with van der Waals surface area (Å²) in [5.41, 5.74) is 1.17. The summed E-state index contributed by atoms with van der Waals surface area (Å²) in [6, 6.07) is 1.13. The van der Waals surface area contributed by atoms with Crippen molar-refractivity contribution < 1.29 is 0 Å². The van der Waals surface area contributed by atoms with E-state index in [1.54, 1.807) is 0 Å². The van der Waals surface area contributed by atoms with Gasteiger partial charge < -0.3 is 10.2 Å². The molecule has 0 amide bonds. The molecule has 4 heteroatoms. The third-order valence-corrected chi connectivity index (χ3v) is 5.00. The Morgan fingerprint density at radius 1 is 1.50 bits per heavy atom. The van der Waals surface area contributed by atoms with Gasteiger partial charge in [0.2, 0.25) is 0 Å². The molecule has 0 aromatic carbocycles. The quantitative estimate of drug-likeness (QED) is 0.875. The van der Waals surface area contributed by atoms with Crippen molar-refractivity contribution >= 4 is 16.5 Å². The molecule has 0 radical (unpaired) electrons. The van der Waals surface area contributed by atoms with Crippen molar-refractivity contribution in [1.82, 2.24) is 10.3 Å². The summed E-state index contributed by atoms with van der Waals surface area (Å²) in [6.45, 7) is 4.30. The van der Waals surface area contributed by atoms with E-state index in [4.69, 9.17) is 0 Å². The van der Waals surface area contributed by atoms with Crippen molar-refractivity contribution in [1.29, 1.82) is 0 Å². The van der Waals surface area contributed by atoms with Gasteiger partial charge in [0.1, 0.15) is 0 Å². The van der Waals surface area contributed by atoms with Crippen molar-refractivity contribution in [3.05, 3.63) is 10.6 Å². The van der Waals surface area contributed by atoms with Crippen molar-refractivity contribution in [2.75, 3.05) is 19.0 Å². The predicted octanol–water partition coefficient (Wildman–Crippen LogP) is 2.72. The van der Waals surface area contributed by atoms with Crippen LogP contribution in [0.2, 0.25) is 0 Å². The minimum atomic E-state index is 0.404. The van der Waals surface area contributed by atoms with Crippen molar-refractivity contribution in [2.45, 2.75) is 45.2 Å². The molecule has 1 N–H and O–H groups in total. The minimum absolute atomic E-state index is 0.404. The lowest BCUT2D eigenvalue weighted by atomic mass is 9.92. The van der Waals surface area contributed by atoms with E-state index >= 15 is 0 Å². The number of rotatable bonds is 4. The van der Waals surface area contributed by atoms with Gasteiger partial charge in [-0.3, -0.25) is 0 Å². The van der Waals surface area contributed by atoms with Crippen LogP contribution in [-0.4, -0.2) is 25.1 Å². The normalized spacial score (nSPS) is 18.2. The molecule has 90 valence electrons. The topological polar surface area (TPSA) is 28.2 Å². The molecule has 3 nitrogen and oxygen atoms in total. The van der Waals surface area contributed by atoms with Crippen LogP contribution in [-0.2, 0) is 0 Å². The average molecular weight is 239 g/mol. The molecular weight excluding hydrogens is 218 g/mol. The first kappa shape index (κ1) is 11.9. The summed E-state index contributed by atoms with van der Waals surface area (Å²) < 4.78 is 0. The number of nitrogens with one attached hydrogen (secondary N) is 1. The average Bonchev–Trinajstić information content (AvgIpc) is 2.56. The van der Waals surface area contributed by atoms with Gasteiger partial charge in [-0.25, -0.2) is 4.98 Å². The lowest BCUT2D eigenvalue weighted by Gasteiger charge is -2.34. The van der Waals surface area contributed by atoms with E-state index in [0.29, 0.717) is 6.04 Å². The lowest BCUT2D eigenvalue weighted by molar-refractivity contribution is 0.401. The van der Waals surface area contributed by atoms with Gasteiger partial charge in [-0.05, 0) is 40.2 Å². The highest BCUT2D eigenvalue weighted by molar-refractivity contribution is 7.15. The fraction of sp³-hybridized carbons (Fsp3) is 0.750. The van der Waals surface area contributed by atoms with Gasteiger partial charge in [-0.15, -0.1) is 11.3 Å². The summed E-state index contributed by atoms with van der Waals surface area (Å²) in [4.78, 5) is 8.41. The minimum Gasteiger partial charge on any atom is -0.348 e. The molecule has 1 heterocycles. The van der Waals surface area contributed by atoms with Crippen LogP contribution in [0.3, 0.4) is 0 Å². The molecule has 1 atom stereocenters. The Morgan fingerprint density at radius 3 is 2.69 bits per heavy atom. The summed E-state index contributed by atoms with van der Waals surface area (Å²) in [7, 11) is 4.18. The molecular formula is C12H21N3S. The number of nitrogens with zero attached hydrogens (tertiary/aromatic N) is 2. The second kappa shape index (κ2) is 4.72. The first-order valence-electron chi connectivity index (χ1n) is 6.01. The molecule has 0 bridgehead atoms. The lowest BCUT2D eigenvalue weighted by Crippen LogP contribution is -2.36. The van der Waals surface area contributed by atoms with Gasteiger partial charge in [0.25, 0.3) is 0 Å². The van der Waals surface area contributed by atoms with Crippen LogP contribution in [0.1, 0.15) is 42.8 Å². The van der Waals surface area contributed by atoms with Gasteiger partial charge in [0.15, 0.2) is 5.13 Å². The molecule has 1 fully saturated rings. The monoisotopic (exact) mass is 239 g/mol. The Morgan fingerprint density at radius 2 is 2.19 bits per heavy atom. The van der Waals surface area contributed by atoms with Gasteiger partial charge in [-0.2, -0.15) is 0 Å². The van der Waals surface area contributed by atoms with Crippen LogP contribution in [0.4, 0.5) is 5.13 Å². The Balaban J connectivity index is 2.16. The van der Waals surface area contributed by atoms with Crippen molar-refractivity contribution in [3.8, 4) is 0 Å². The van der Waals surface area contributed by atoms with Gasteiger partial charge in [0, 0.05) is 24.0 Å². The Kier molecular flexibility index (Phi) is 3.50.